The number of nitrogens with zero attached hydrogens (tertiary/aromatic N) is 1. The quantitative estimate of drug-likeness (QED) is 0.731. The first-order valence-electron chi connectivity index (χ1n) is 9.27. The fraction of sp³-hybridized carbons (Fsp3) is 0.364. The third-order valence-electron chi connectivity index (χ3n) is 4.99. The Labute approximate surface area is 169 Å². The molecule has 2 aromatic rings. The molecule has 1 unspecified atom stereocenters. The highest BCUT2D eigenvalue weighted by molar-refractivity contribution is 8.13. The summed E-state index contributed by atoms with van der Waals surface area (Å²) in [7, 11) is 0. The van der Waals surface area contributed by atoms with Crippen molar-refractivity contribution in [3.8, 4) is 0 Å². The Morgan fingerprint density at radius 3 is 2.11 bits per heavy atom. The van der Waals surface area contributed by atoms with Crippen LogP contribution in [0.2, 0.25) is 0 Å². The summed E-state index contributed by atoms with van der Waals surface area (Å²) in [4.78, 5) is 17.6. The van der Waals surface area contributed by atoms with E-state index in [0.717, 1.165) is 11.1 Å². The average Bonchev–Trinajstić information content (AvgIpc) is 3.14. The lowest BCUT2D eigenvalue weighted by atomic mass is 9.98. The van der Waals surface area contributed by atoms with E-state index in [-0.39, 0.29) is 5.97 Å². The van der Waals surface area contributed by atoms with Crippen LogP contribution in [-0.2, 0) is 19.0 Å². The van der Waals surface area contributed by atoms with Gasteiger partial charge < -0.3 is 14.2 Å². The van der Waals surface area contributed by atoms with Gasteiger partial charge in [-0.15, -0.1) is 11.8 Å². The van der Waals surface area contributed by atoms with Crippen LogP contribution in [0.5, 0.6) is 0 Å². The Kier molecular flexibility index (Phi) is 5.27. The number of hydrogen-bond acceptors (Lipinski definition) is 6. The highest BCUT2D eigenvalue weighted by Crippen LogP contribution is 2.41. The van der Waals surface area contributed by atoms with Gasteiger partial charge in [-0.1, -0.05) is 60.7 Å². The van der Waals surface area contributed by atoms with Crippen LogP contribution in [0.4, 0.5) is 0 Å². The molecule has 28 heavy (non-hydrogen) atoms. The lowest BCUT2D eigenvalue weighted by molar-refractivity contribution is -0.256. The molecule has 1 spiro atoms. The molecule has 4 rings (SSSR count). The van der Waals surface area contributed by atoms with Gasteiger partial charge in [-0.05, 0) is 25.0 Å². The summed E-state index contributed by atoms with van der Waals surface area (Å²) in [5.41, 5.74) is 3.54. The summed E-state index contributed by atoms with van der Waals surface area (Å²) in [5.74, 6) is -1.02. The van der Waals surface area contributed by atoms with Crippen molar-refractivity contribution in [2.24, 2.45) is 4.99 Å². The fourth-order valence-electron chi connectivity index (χ4n) is 3.34. The van der Waals surface area contributed by atoms with Crippen molar-refractivity contribution in [2.75, 3.05) is 13.2 Å². The first-order chi connectivity index (χ1) is 13.5. The number of hydrogen-bond donors (Lipinski definition) is 0. The summed E-state index contributed by atoms with van der Waals surface area (Å²) in [5, 5.41) is 0. The van der Waals surface area contributed by atoms with Crippen LogP contribution >= 0.6 is 11.8 Å². The number of benzene rings is 2. The van der Waals surface area contributed by atoms with Crippen molar-refractivity contribution in [2.45, 2.75) is 36.5 Å². The minimum absolute atomic E-state index is 0.370. The number of aliphatic imine (C=N–C) groups is 1. The zero-order valence-corrected chi connectivity index (χ0v) is 16.7. The highest BCUT2D eigenvalue weighted by atomic mass is 32.2. The van der Waals surface area contributed by atoms with Gasteiger partial charge in [-0.2, -0.15) is 0 Å². The van der Waals surface area contributed by atoms with Gasteiger partial charge in [-0.3, -0.25) is 4.99 Å². The van der Waals surface area contributed by atoms with Crippen molar-refractivity contribution < 1.29 is 19.0 Å². The van der Waals surface area contributed by atoms with Crippen molar-refractivity contribution in [3.63, 3.8) is 0 Å². The smallest absolute Gasteiger partial charge is 0.333 e. The van der Waals surface area contributed by atoms with Crippen molar-refractivity contribution >= 4 is 23.3 Å². The molecule has 0 radical (unpaired) electrons. The molecule has 0 amide bonds. The second kappa shape index (κ2) is 7.70. The van der Waals surface area contributed by atoms with E-state index in [9.17, 15) is 4.79 Å². The molecule has 2 aromatic carbocycles. The number of carbonyl (C=O) groups excluding carboxylic acids is 1. The van der Waals surface area contributed by atoms with E-state index >= 15 is 0 Å². The summed E-state index contributed by atoms with van der Waals surface area (Å²) in [6.07, 6.45) is -0.491. The summed E-state index contributed by atoms with van der Waals surface area (Å²) in [6.45, 7) is 4.50. The standard InChI is InChI=1S/C22H23NO4S/c1-21(2)25-13-22(14-26-21)19(23-15-28-22)20(24)27-18(16-9-5-3-6-10-16)17-11-7-4-8-12-17/h3-12,15,18-19H,13-14H2,1-2H3. The van der Waals surface area contributed by atoms with Crippen LogP contribution in [0.25, 0.3) is 0 Å². The predicted molar refractivity (Wildman–Crippen MR) is 109 cm³/mol. The van der Waals surface area contributed by atoms with Crippen molar-refractivity contribution in [1.82, 2.24) is 0 Å². The van der Waals surface area contributed by atoms with Crippen LogP contribution in [0.3, 0.4) is 0 Å². The van der Waals surface area contributed by atoms with Gasteiger partial charge in [0, 0.05) is 0 Å². The van der Waals surface area contributed by atoms with E-state index in [1.807, 2.05) is 74.5 Å². The molecule has 1 atom stereocenters. The first kappa shape index (κ1) is 19.2. The van der Waals surface area contributed by atoms with E-state index in [0.29, 0.717) is 13.2 Å². The molecule has 6 heteroatoms. The van der Waals surface area contributed by atoms with Gasteiger partial charge in [0.1, 0.15) is 4.75 Å². The van der Waals surface area contributed by atoms with Gasteiger partial charge in [0.2, 0.25) is 0 Å². The second-order valence-electron chi connectivity index (χ2n) is 7.46. The molecule has 0 saturated carbocycles. The van der Waals surface area contributed by atoms with Gasteiger partial charge in [0.25, 0.3) is 0 Å². The number of rotatable bonds is 4. The van der Waals surface area contributed by atoms with E-state index in [4.69, 9.17) is 14.2 Å². The Bertz CT molecular complexity index is 804. The van der Waals surface area contributed by atoms with Crippen LogP contribution in [-0.4, -0.2) is 41.3 Å². The van der Waals surface area contributed by atoms with E-state index in [2.05, 4.69) is 4.99 Å². The normalized spacial score (nSPS) is 22.5. The highest BCUT2D eigenvalue weighted by Gasteiger charge is 2.52. The van der Waals surface area contributed by atoms with Gasteiger partial charge >= 0.3 is 5.97 Å². The first-order valence-corrected chi connectivity index (χ1v) is 10.1. The molecular formula is C22H23NO4S. The minimum atomic E-state index is -0.663. The predicted octanol–water partition coefficient (Wildman–Crippen LogP) is 3.98. The third kappa shape index (κ3) is 3.85. The van der Waals surface area contributed by atoms with Crippen molar-refractivity contribution in [3.05, 3.63) is 71.8 Å². The van der Waals surface area contributed by atoms with Gasteiger partial charge in [0.15, 0.2) is 17.9 Å². The maximum absolute atomic E-state index is 13.2. The molecule has 0 bridgehead atoms. The second-order valence-corrected chi connectivity index (χ2v) is 8.71. The molecule has 1 saturated heterocycles. The maximum Gasteiger partial charge on any atom is 0.333 e. The van der Waals surface area contributed by atoms with Gasteiger partial charge in [-0.25, -0.2) is 4.79 Å². The zero-order valence-electron chi connectivity index (χ0n) is 15.9. The Morgan fingerprint density at radius 1 is 1.04 bits per heavy atom. The number of carbonyl (C=O) groups is 1. The molecule has 0 aliphatic carbocycles. The minimum Gasteiger partial charge on any atom is -0.451 e. The molecule has 2 aliphatic rings. The van der Waals surface area contributed by atoms with Gasteiger partial charge in [0.05, 0.1) is 18.8 Å². The van der Waals surface area contributed by atoms with Crippen molar-refractivity contribution in [1.29, 1.82) is 0 Å². The zero-order chi connectivity index (χ0) is 19.6. The monoisotopic (exact) mass is 397 g/mol. The molecule has 2 heterocycles. The number of ether oxygens (including phenoxy) is 3. The lowest BCUT2D eigenvalue weighted by Crippen LogP contribution is -2.56. The summed E-state index contributed by atoms with van der Waals surface area (Å²) < 4.78 is 17.1. The average molecular weight is 397 g/mol. The Morgan fingerprint density at radius 2 is 1.57 bits per heavy atom. The van der Waals surface area contributed by atoms with E-state index in [1.165, 1.54) is 11.8 Å². The Hall–Kier alpha value is -2.15. The summed E-state index contributed by atoms with van der Waals surface area (Å²) >= 11 is 1.48. The van der Waals surface area contributed by atoms with Crippen LogP contribution < -0.4 is 0 Å². The molecule has 0 N–H and O–H groups in total. The maximum atomic E-state index is 13.2. The molecule has 5 nitrogen and oxygen atoms in total. The summed E-state index contributed by atoms with van der Waals surface area (Å²) in [6, 6.07) is 18.8. The third-order valence-corrected chi connectivity index (χ3v) is 6.14. The molecule has 146 valence electrons. The van der Waals surface area contributed by atoms with E-state index < -0.39 is 22.7 Å². The molecule has 0 aromatic heterocycles. The van der Waals surface area contributed by atoms with E-state index in [1.54, 1.807) is 5.55 Å². The fourth-order valence-corrected chi connectivity index (χ4v) is 4.27. The largest absolute Gasteiger partial charge is 0.451 e. The Balaban J connectivity index is 1.57. The van der Waals surface area contributed by atoms with Crippen LogP contribution in [0, 0.1) is 0 Å². The molecule has 1 fully saturated rings. The lowest BCUT2D eigenvalue weighted by Gasteiger charge is -2.42. The number of thioether (sulfide) groups is 1. The molecule has 2 aliphatic heterocycles. The van der Waals surface area contributed by atoms with Crippen LogP contribution in [0.15, 0.2) is 65.7 Å². The topological polar surface area (TPSA) is 57.1 Å². The number of esters is 1. The SMILES string of the molecule is CC1(C)OCC2(CO1)SC=NC2C(=O)OC(c1ccccc1)c1ccccc1. The molecular weight excluding hydrogens is 374 g/mol. The van der Waals surface area contributed by atoms with Crippen LogP contribution in [0.1, 0.15) is 31.1 Å².